The molecule has 0 bridgehead atoms. The molecule has 0 radical (unpaired) electrons. The summed E-state index contributed by atoms with van der Waals surface area (Å²) < 4.78 is 13.3. The van der Waals surface area contributed by atoms with Crippen molar-refractivity contribution in [2.45, 2.75) is 58.5 Å². The first-order valence-electron chi connectivity index (χ1n) is 8.23. The zero-order valence-electron chi connectivity index (χ0n) is 14.1. The minimum absolute atomic E-state index is 0.157. The van der Waals surface area contributed by atoms with E-state index in [1.165, 1.54) is 31.0 Å². The second-order valence-corrected chi connectivity index (χ2v) is 8.05. The van der Waals surface area contributed by atoms with Crippen molar-refractivity contribution in [3.63, 3.8) is 0 Å². The average Bonchev–Trinajstić information content (AvgIpc) is 2.37. The molecule has 1 aromatic rings. The Morgan fingerprint density at radius 1 is 1.26 bits per heavy atom. The van der Waals surface area contributed by atoms with Crippen LogP contribution >= 0.6 is 11.6 Å². The van der Waals surface area contributed by atoms with Crippen LogP contribution in [0.15, 0.2) is 18.2 Å². The van der Waals surface area contributed by atoms with Gasteiger partial charge in [0, 0.05) is 22.7 Å². The van der Waals surface area contributed by atoms with Crippen LogP contribution in [0.1, 0.15) is 56.8 Å². The van der Waals surface area contributed by atoms with Crippen LogP contribution in [0.3, 0.4) is 0 Å². The molecule has 0 saturated heterocycles. The van der Waals surface area contributed by atoms with E-state index in [0.29, 0.717) is 11.5 Å². The number of amides is 1. The molecule has 0 aromatic heterocycles. The van der Waals surface area contributed by atoms with Gasteiger partial charge in [0.2, 0.25) is 0 Å². The summed E-state index contributed by atoms with van der Waals surface area (Å²) in [6.45, 7) is 7.77. The Hall–Kier alpha value is -1.13. The summed E-state index contributed by atoms with van der Waals surface area (Å²) in [6, 6.07) is 4.52. The zero-order valence-corrected chi connectivity index (χ0v) is 14.8. The minimum atomic E-state index is -0.491. The molecular weight excluding hydrogens is 315 g/mol. The van der Waals surface area contributed by atoms with Crippen LogP contribution in [0.4, 0.5) is 4.39 Å². The maximum absolute atomic E-state index is 13.3. The highest BCUT2D eigenvalue weighted by molar-refractivity contribution is 6.31. The van der Waals surface area contributed by atoms with Crippen LogP contribution in [0, 0.1) is 11.2 Å². The highest BCUT2D eigenvalue weighted by atomic mass is 35.5. The van der Waals surface area contributed by atoms with E-state index in [0.717, 1.165) is 19.4 Å². The molecule has 0 unspecified atom stereocenters. The highest BCUT2D eigenvalue weighted by Crippen LogP contribution is 2.23. The van der Waals surface area contributed by atoms with E-state index >= 15 is 0 Å². The van der Waals surface area contributed by atoms with E-state index in [2.05, 4.69) is 31.4 Å². The first-order valence-corrected chi connectivity index (χ1v) is 8.61. The fourth-order valence-electron chi connectivity index (χ4n) is 2.78. The van der Waals surface area contributed by atoms with Gasteiger partial charge in [0.15, 0.2) is 0 Å². The Morgan fingerprint density at radius 2 is 1.96 bits per heavy atom. The van der Waals surface area contributed by atoms with Crippen molar-refractivity contribution in [3.8, 4) is 0 Å². The normalized spacial score (nSPS) is 20.9. The number of carbonyl (C=O) groups excluding carboxylic acids is 1. The molecule has 1 aliphatic carbocycles. The number of benzene rings is 1. The van der Waals surface area contributed by atoms with Crippen molar-refractivity contribution >= 4 is 17.5 Å². The first kappa shape index (κ1) is 18.2. The Morgan fingerprint density at radius 3 is 2.57 bits per heavy atom. The van der Waals surface area contributed by atoms with Gasteiger partial charge < -0.3 is 10.6 Å². The topological polar surface area (TPSA) is 41.1 Å². The van der Waals surface area contributed by atoms with Gasteiger partial charge in [-0.15, -0.1) is 0 Å². The minimum Gasteiger partial charge on any atom is -0.349 e. The van der Waals surface area contributed by atoms with Gasteiger partial charge >= 0.3 is 0 Å². The summed E-state index contributed by atoms with van der Waals surface area (Å²) in [7, 11) is 0. The van der Waals surface area contributed by atoms with Gasteiger partial charge in [-0.3, -0.25) is 4.79 Å². The van der Waals surface area contributed by atoms with Gasteiger partial charge in [0.05, 0.1) is 0 Å². The maximum Gasteiger partial charge on any atom is 0.251 e. The third-order valence-electron chi connectivity index (χ3n) is 4.13. The van der Waals surface area contributed by atoms with Crippen molar-refractivity contribution in [3.05, 3.63) is 34.6 Å². The highest BCUT2D eigenvalue weighted by Gasteiger charge is 2.30. The van der Waals surface area contributed by atoms with Crippen LogP contribution < -0.4 is 10.6 Å². The number of halogens is 2. The molecule has 1 aliphatic rings. The van der Waals surface area contributed by atoms with E-state index in [9.17, 15) is 9.18 Å². The van der Waals surface area contributed by atoms with Crippen molar-refractivity contribution in [1.29, 1.82) is 0 Å². The summed E-state index contributed by atoms with van der Waals surface area (Å²) in [5.41, 5.74) is 0.654. The lowest BCUT2D eigenvalue weighted by Crippen LogP contribution is -2.52. The Kier molecular flexibility index (Phi) is 6.04. The van der Waals surface area contributed by atoms with E-state index in [1.54, 1.807) is 0 Å². The fourth-order valence-corrected chi connectivity index (χ4v) is 3.00. The van der Waals surface area contributed by atoms with Crippen LogP contribution in [-0.2, 0) is 0 Å². The van der Waals surface area contributed by atoms with Crippen LogP contribution in [0.25, 0.3) is 0 Å². The largest absolute Gasteiger partial charge is 0.349 e. The van der Waals surface area contributed by atoms with E-state index in [4.69, 9.17) is 11.6 Å². The van der Waals surface area contributed by atoms with Gasteiger partial charge in [0.25, 0.3) is 5.91 Å². The molecule has 0 atom stereocenters. The van der Waals surface area contributed by atoms with Crippen molar-refractivity contribution in [2.24, 2.45) is 5.41 Å². The second-order valence-electron chi connectivity index (χ2n) is 7.62. The van der Waals surface area contributed by atoms with E-state index in [-0.39, 0.29) is 22.5 Å². The lowest BCUT2D eigenvalue weighted by atomic mass is 9.86. The molecule has 2 N–H and O–H groups in total. The summed E-state index contributed by atoms with van der Waals surface area (Å²) in [5, 5.41) is 6.69. The molecule has 128 valence electrons. The number of rotatable bonds is 6. The molecule has 1 saturated carbocycles. The van der Waals surface area contributed by atoms with Crippen molar-refractivity contribution < 1.29 is 9.18 Å². The predicted molar refractivity (Wildman–Crippen MR) is 92.4 cm³/mol. The Balaban J connectivity index is 1.66. The number of hydrogen-bond donors (Lipinski definition) is 2. The van der Waals surface area contributed by atoms with Crippen molar-refractivity contribution in [2.75, 3.05) is 6.54 Å². The molecule has 1 fully saturated rings. The molecule has 1 amide bonds. The molecule has 2 rings (SSSR count). The molecule has 1 aromatic carbocycles. The summed E-state index contributed by atoms with van der Waals surface area (Å²) in [5.74, 6) is -0.753. The standard InChI is InChI=1S/C18H26ClFN2O/c1-18(2,3)5-4-6-21-15-10-16(11-15)22-17(23)12-7-13(19)9-14(20)8-12/h7-9,15-16,21H,4-6,10-11H2,1-3H3,(H,22,23). The molecule has 0 aliphatic heterocycles. The number of hydrogen-bond acceptors (Lipinski definition) is 2. The van der Waals surface area contributed by atoms with Crippen molar-refractivity contribution in [1.82, 2.24) is 10.6 Å². The van der Waals surface area contributed by atoms with Gasteiger partial charge in [-0.25, -0.2) is 4.39 Å². The SMILES string of the molecule is CC(C)(C)CCCNC1CC(NC(=O)c2cc(F)cc(Cl)c2)C1. The third kappa shape index (κ3) is 6.11. The summed E-state index contributed by atoms with van der Waals surface area (Å²) >= 11 is 5.77. The average molecular weight is 341 g/mol. The molecule has 5 heteroatoms. The smallest absolute Gasteiger partial charge is 0.251 e. The number of carbonyl (C=O) groups is 1. The summed E-state index contributed by atoms with van der Waals surface area (Å²) in [6.07, 6.45) is 4.21. The van der Waals surface area contributed by atoms with E-state index in [1.807, 2.05) is 0 Å². The van der Waals surface area contributed by atoms with E-state index < -0.39 is 5.82 Å². The molecule has 3 nitrogen and oxygen atoms in total. The monoisotopic (exact) mass is 340 g/mol. The predicted octanol–water partition coefficient (Wildman–Crippen LogP) is 4.16. The van der Waals surface area contributed by atoms with Gasteiger partial charge in [0.1, 0.15) is 5.82 Å². The Labute approximate surface area is 143 Å². The number of nitrogens with one attached hydrogen (secondary N) is 2. The first-order chi connectivity index (χ1) is 10.7. The third-order valence-corrected chi connectivity index (χ3v) is 4.35. The van der Waals surface area contributed by atoms with Crippen LogP contribution in [0.2, 0.25) is 5.02 Å². The maximum atomic E-state index is 13.3. The molecule has 0 spiro atoms. The van der Waals surface area contributed by atoms with Gasteiger partial charge in [-0.2, -0.15) is 0 Å². The summed E-state index contributed by atoms with van der Waals surface area (Å²) in [4.78, 5) is 12.1. The molecule has 0 heterocycles. The Bertz CT molecular complexity index is 530. The second kappa shape index (κ2) is 7.63. The lowest BCUT2D eigenvalue weighted by Gasteiger charge is -2.36. The molecule has 23 heavy (non-hydrogen) atoms. The fraction of sp³-hybridized carbons (Fsp3) is 0.611. The zero-order chi connectivity index (χ0) is 17.0. The molecular formula is C18H26ClFN2O. The van der Waals surface area contributed by atoms with Gasteiger partial charge in [-0.05, 0) is 55.8 Å². The lowest BCUT2D eigenvalue weighted by molar-refractivity contribution is 0.0901. The quantitative estimate of drug-likeness (QED) is 0.763. The van der Waals surface area contributed by atoms with Crippen LogP contribution in [0.5, 0.6) is 0 Å². The van der Waals surface area contributed by atoms with Crippen LogP contribution in [-0.4, -0.2) is 24.5 Å². The van der Waals surface area contributed by atoms with Gasteiger partial charge in [-0.1, -0.05) is 32.4 Å².